The fourth-order valence-corrected chi connectivity index (χ4v) is 5.42. The SMILES string of the molecule is CCOC(C)c1nc(CN2CCN(c3nc(C)nc4scc(C)c34)CC2)cs1. The number of thiophene rings is 1. The molecule has 1 unspecified atom stereocenters. The largest absolute Gasteiger partial charge is 0.372 e. The lowest BCUT2D eigenvalue weighted by Crippen LogP contribution is -2.46. The summed E-state index contributed by atoms with van der Waals surface area (Å²) in [4.78, 5) is 20.2. The minimum atomic E-state index is 0.0814. The molecule has 0 N–H and O–H groups in total. The van der Waals surface area contributed by atoms with Gasteiger partial charge < -0.3 is 9.64 Å². The Morgan fingerprint density at radius 2 is 1.86 bits per heavy atom. The third-order valence-corrected chi connectivity index (χ3v) is 7.15. The van der Waals surface area contributed by atoms with Gasteiger partial charge in [0.25, 0.3) is 0 Å². The van der Waals surface area contributed by atoms with Gasteiger partial charge in [-0.25, -0.2) is 15.0 Å². The van der Waals surface area contributed by atoms with Crippen LogP contribution < -0.4 is 4.90 Å². The number of rotatable bonds is 6. The molecule has 1 atom stereocenters. The number of anilines is 1. The second kappa shape index (κ2) is 8.41. The summed E-state index contributed by atoms with van der Waals surface area (Å²) in [5.74, 6) is 1.95. The number of piperazine rings is 1. The predicted octanol–water partition coefficient (Wildman–Crippen LogP) is 4.18. The molecule has 4 heterocycles. The maximum absolute atomic E-state index is 5.66. The molecule has 0 amide bonds. The average molecular weight is 418 g/mol. The monoisotopic (exact) mass is 417 g/mol. The Hall–Kier alpha value is -1.61. The maximum Gasteiger partial charge on any atom is 0.141 e. The van der Waals surface area contributed by atoms with E-state index in [0.29, 0.717) is 0 Å². The lowest BCUT2D eigenvalue weighted by Gasteiger charge is -2.35. The highest BCUT2D eigenvalue weighted by Gasteiger charge is 2.22. The van der Waals surface area contributed by atoms with Gasteiger partial charge in [-0.1, -0.05) is 0 Å². The van der Waals surface area contributed by atoms with Crippen LogP contribution >= 0.6 is 22.7 Å². The number of ether oxygens (including phenoxy) is 1. The fourth-order valence-electron chi connectivity index (χ4n) is 3.65. The van der Waals surface area contributed by atoms with Gasteiger partial charge in [0, 0.05) is 44.7 Å². The molecule has 0 saturated carbocycles. The van der Waals surface area contributed by atoms with Crippen molar-refractivity contribution in [1.82, 2.24) is 19.9 Å². The van der Waals surface area contributed by atoms with Gasteiger partial charge in [-0.2, -0.15) is 0 Å². The molecule has 3 aromatic heterocycles. The summed E-state index contributed by atoms with van der Waals surface area (Å²) >= 11 is 3.41. The van der Waals surface area contributed by atoms with E-state index in [4.69, 9.17) is 14.7 Å². The Kier molecular flexibility index (Phi) is 5.91. The van der Waals surface area contributed by atoms with E-state index < -0.39 is 0 Å². The number of hydrogen-bond acceptors (Lipinski definition) is 8. The van der Waals surface area contributed by atoms with Crippen LogP contribution in [0.25, 0.3) is 10.2 Å². The summed E-state index contributed by atoms with van der Waals surface area (Å²) < 4.78 is 5.66. The van der Waals surface area contributed by atoms with Crippen LogP contribution in [-0.2, 0) is 11.3 Å². The molecule has 0 aliphatic carbocycles. The Bertz CT molecular complexity index is 945. The van der Waals surface area contributed by atoms with E-state index in [1.165, 1.54) is 10.9 Å². The Morgan fingerprint density at radius 1 is 1.07 bits per heavy atom. The van der Waals surface area contributed by atoms with Crippen molar-refractivity contribution in [3.8, 4) is 0 Å². The zero-order valence-corrected chi connectivity index (χ0v) is 18.6. The van der Waals surface area contributed by atoms with Crippen molar-refractivity contribution in [2.75, 3.05) is 37.7 Å². The Balaban J connectivity index is 1.41. The van der Waals surface area contributed by atoms with E-state index in [1.807, 2.05) is 13.8 Å². The Labute approximate surface area is 174 Å². The van der Waals surface area contributed by atoms with Crippen LogP contribution in [0.2, 0.25) is 0 Å². The summed E-state index contributed by atoms with van der Waals surface area (Å²) in [5, 5.41) is 6.64. The van der Waals surface area contributed by atoms with E-state index in [1.54, 1.807) is 22.7 Å². The average Bonchev–Trinajstić information content (AvgIpc) is 3.29. The first kappa shape index (κ1) is 19.7. The highest BCUT2D eigenvalue weighted by Crippen LogP contribution is 2.32. The lowest BCUT2D eigenvalue weighted by molar-refractivity contribution is 0.0760. The molecular weight excluding hydrogens is 390 g/mol. The van der Waals surface area contributed by atoms with Crippen molar-refractivity contribution in [1.29, 1.82) is 0 Å². The molecule has 6 nitrogen and oxygen atoms in total. The second-order valence-electron chi connectivity index (χ2n) is 7.23. The van der Waals surface area contributed by atoms with E-state index in [-0.39, 0.29) is 6.10 Å². The molecule has 0 aromatic carbocycles. The van der Waals surface area contributed by atoms with Crippen molar-refractivity contribution in [3.63, 3.8) is 0 Å². The standard InChI is InChI=1S/C20H27N5OS2/c1-5-26-14(3)19-23-16(12-28-19)10-24-6-8-25(9-7-24)18-17-13(2)11-27-20(17)22-15(4)21-18/h11-12,14H,5-10H2,1-4H3. The minimum Gasteiger partial charge on any atom is -0.372 e. The van der Waals surface area contributed by atoms with Crippen molar-refractivity contribution in [3.05, 3.63) is 32.8 Å². The first-order chi connectivity index (χ1) is 13.5. The van der Waals surface area contributed by atoms with Gasteiger partial charge in [0.2, 0.25) is 0 Å². The second-order valence-corrected chi connectivity index (χ2v) is 8.98. The third-order valence-electron chi connectivity index (χ3n) is 5.10. The molecular formula is C20H27N5OS2. The highest BCUT2D eigenvalue weighted by atomic mass is 32.1. The molecule has 4 rings (SSSR count). The van der Waals surface area contributed by atoms with Gasteiger partial charge in [0.05, 0.1) is 11.1 Å². The van der Waals surface area contributed by atoms with Crippen molar-refractivity contribution in [2.45, 2.75) is 40.3 Å². The molecule has 1 fully saturated rings. The molecule has 0 radical (unpaired) electrons. The lowest BCUT2D eigenvalue weighted by atomic mass is 10.2. The first-order valence-electron chi connectivity index (χ1n) is 9.80. The van der Waals surface area contributed by atoms with Crippen molar-refractivity contribution < 1.29 is 4.74 Å². The smallest absolute Gasteiger partial charge is 0.141 e. The topological polar surface area (TPSA) is 54.4 Å². The van der Waals surface area contributed by atoms with Gasteiger partial charge in [-0.05, 0) is 38.6 Å². The maximum atomic E-state index is 5.66. The van der Waals surface area contributed by atoms with Crippen molar-refractivity contribution >= 4 is 38.7 Å². The van der Waals surface area contributed by atoms with Crippen LogP contribution in [0.15, 0.2) is 10.8 Å². The summed E-state index contributed by atoms with van der Waals surface area (Å²) in [6, 6.07) is 0. The van der Waals surface area contributed by atoms with Crippen molar-refractivity contribution in [2.24, 2.45) is 0 Å². The Morgan fingerprint density at radius 3 is 2.61 bits per heavy atom. The number of aryl methyl sites for hydroxylation is 2. The minimum absolute atomic E-state index is 0.0814. The summed E-state index contributed by atoms with van der Waals surface area (Å²) in [5.41, 5.74) is 2.42. The fraction of sp³-hybridized carbons (Fsp3) is 0.550. The number of fused-ring (bicyclic) bond motifs is 1. The predicted molar refractivity (Wildman–Crippen MR) is 117 cm³/mol. The van der Waals surface area contributed by atoms with Crippen LogP contribution in [0, 0.1) is 13.8 Å². The van der Waals surface area contributed by atoms with Crippen LogP contribution in [0.4, 0.5) is 5.82 Å². The van der Waals surface area contributed by atoms with E-state index in [9.17, 15) is 0 Å². The molecule has 150 valence electrons. The van der Waals surface area contributed by atoms with E-state index >= 15 is 0 Å². The molecule has 1 aliphatic rings. The van der Waals surface area contributed by atoms with Gasteiger partial charge in [-0.15, -0.1) is 22.7 Å². The number of nitrogens with zero attached hydrogens (tertiary/aromatic N) is 5. The molecule has 0 spiro atoms. The summed E-state index contributed by atoms with van der Waals surface area (Å²) in [6.07, 6.45) is 0.0814. The number of thiazole rings is 1. The highest BCUT2D eigenvalue weighted by molar-refractivity contribution is 7.17. The van der Waals surface area contributed by atoms with Crippen LogP contribution in [-0.4, -0.2) is 52.6 Å². The van der Waals surface area contributed by atoms with Gasteiger partial charge in [0.15, 0.2) is 0 Å². The normalized spacial score (nSPS) is 16.8. The number of aromatic nitrogens is 3. The van der Waals surface area contributed by atoms with Gasteiger partial charge >= 0.3 is 0 Å². The molecule has 0 bridgehead atoms. The molecule has 1 aliphatic heterocycles. The van der Waals surface area contributed by atoms with Gasteiger partial charge in [-0.3, -0.25) is 4.90 Å². The van der Waals surface area contributed by atoms with Crippen LogP contribution in [0.5, 0.6) is 0 Å². The summed E-state index contributed by atoms with van der Waals surface area (Å²) in [6.45, 7) is 13.8. The summed E-state index contributed by atoms with van der Waals surface area (Å²) in [7, 11) is 0. The van der Waals surface area contributed by atoms with Crippen LogP contribution in [0.1, 0.15) is 42.0 Å². The van der Waals surface area contributed by atoms with Crippen LogP contribution in [0.3, 0.4) is 0 Å². The molecule has 3 aromatic rings. The molecule has 8 heteroatoms. The first-order valence-corrected chi connectivity index (χ1v) is 11.6. The van der Waals surface area contributed by atoms with Gasteiger partial charge in [0.1, 0.15) is 27.6 Å². The molecule has 28 heavy (non-hydrogen) atoms. The third kappa shape index (κ3) is 4.05. The number of hydrogen-bond donors (Lipinski definition) is 0. The zero-order chi connectivity index (χ0) is 19.7. The van der Waals surface area contributed by atoms with E-state index in [2.05, 4.69) is 39.4 Å². The zero-order valence-electron chi connectivity index (χ0n) is 16.9. The van der Waals surface area contributed by atoms with E-state index in [0.717, 1.165) is 66.5 Å². The quantitative estimate of drug-likeness (QED) is 0.600. The molecule has 1 saturated heterocycles.